The van der Waals surface area contributed by atoms with Crippen LogP contribution in [0.2, 0.25) is 0 Å². The van der Waals surface area contributed by atoms with Gasteiger partial charge in [-0.25, -0.2) is 0 Å². The molecule has 1 aromatic carbocycles. The Labute approximate surface area is 129 Å². The fourth-order valence-corrected chi connectivity index (χ4v) is 3.27. The molecule has 2 rings (SSSR count). The largest absolute Gasteiger partial charge is 0.392 e. The second kappa shape index (κ2) is 8.52. The van der Waals surface area contributed by atoms with E-state index in [-0.39, 0.29) is 6.61 Å². The van der Waals surface area contributed by atoms with E-state index in [1.807, 2.05) is 12.1 Å². The number of nitrogens with one attached hydrogen (secondary N) is 1. The molecule has 1 saturated heterocycles. The standard InChI is InChI=1S/C18H30N2O/c1-3-10-19-18-9-11-20(13-17(18)4-2)12-15-5-7-16(14-21)8-6-15/h5-8,17-19,21H,3-4,9-14H2,1-2H3. The molecule has 1 fully saturated rings. The Kier molecular flexibility index (Phi) is 6.68. The minimum absolute atomic E-state index is 0.132. The Bertz CT molecular complexity index is 404. The van der Waals surface area contributed by atoms with Crippen LogP contribution in [0.3, 0.4) is 0 Å². The summed E-state index contributed by atoms with van der Waals surface area (Å²) in [6, 6.07) is 9.05. The highest BCUT2D eigenvalue weighted by molar-refractivity contribution is 5.22. The lowest BCUT2D eigenvalue weighted by atomic mass is 9.89. The molecular weight excluding hydrogens is 260 g/mol. The van der Waals surface area contributed by atoms with Crippen molar-refractivity contribution in [3.05, 3.63) is 35.4 Å². The molecule has 2 unspecified atom stereocenters. The van der Waals surface area contributed by atoms with Gasteiger partial charge in [0.25, 0.3) is 0 Å². The number of benzene rings is 1. The van der Waals surface area contributed by atoms with E-state index in [0.717, 1.165) is 24.6 Å². The Morgan fingerprint density at radius 3 is 2.52 bits per heavy atom. The maximum atomic E-state index is 9.10. The van der Waals surface area contributed by atoms with Crippen LogP contribution >= 0.6 is 0 Å². The van der Waals surface area contributed by atoms with Gasteiger partial charge in [0.1, 0.15) is 0 Å². The molecule has 2 N–H and O–H groups in total. The third-order valence-corrected chi connectivity index (χ3v) is 4.61. The first-order chi connectivity index (χ1) is 10.3. The number of likely N-dealkylation sites (tertiary alicyclic amines) is 1. The quantitative estimate of drug-likeness (QED) is 0.810. The summed E-state index contributed by atoms with van der Waals surface area (Å²) < 4.78 is 0. The van der Waals surface area contributed by atoms with E-state index < -0.39 is 0 Å². The summed E-state index contributed by atoms with van der Waals surface area (Å²) in [7, 11) is 0. The Morgan fingerprint density at radius 1 is 1.19 bits per heavy atom. The van der Waals surface area contributed by atoms with Gasteiger partial charge in [0.15, 0.2) is 0 Å². The summed E-state index contributed by atoms with van der Waals surface area (Å²) in [5.74, 6) is 0.766. The molecule has 21 heavy (non-hydrogen) atoms. The lowest BCUT2D eigenvalue weighted by Gasteiger charge is -2.39. The van der Waals surface area contributed by atoms with E-state index in [1.54, 1.807) is 0 Å². The topological polar surface area (TPSA) is 35.5 Å². The van der Waals surface area contributed by atoms with Crippen LogP contribution in [0, 0.1) is 5.92 Å². The number of aliphatic hydroxyl groups excluding tert-OH is 1. The average Bonchev–Trinajstić information content (AvgIpc) is 2.54. The number of aliphatic hydroxyl groups is 1. The molecule has 0 amide bonds. The summed E-state index contributed by atoms with van der Waals surface area (Å²) in [4.78, 5) is 2.58. The molecule has 1 aliphatic rings. The van der Waals surface area contributed by atoms with Gasteiger partial charge in [-0.3, -0.25) is 4.90 Å². The molecular formula is C18H30N2O. The summed E-state index contributed by atoms with van der Waals surface area (Å²) in [5, 5.41) is 12.8. The van der Waals surface area contributed by atoms with E-state index in [0.29, 0.717) is 6.04 Å². The van der Waals surface area contributed by atoms with Crippen LogP contribution in [0.1, 0.15) is 44.2 Å². The molecule has 0 radical (unpaired) electrons. The van der Waals surface area contributed by atoms with E-state index in [4.69, 9.17) is 5.11 Å². The van der Waals surface area contributed by atoms with E-state index in [2.05, 4.69) is 36.2 Å². The normalized spacial score (nSPS) is 23.4. The predicted molar refractivity (Wildman–Crippen MR) is 88.1 cm³/mol. The molecule has 1 aliphatic heterocycles. The van der Waals surface area contributed by atoms with Crippen molar-refractivity contribution in [2.24, 2.45) is 5.92 Å². The summed E-state index contributed by atoms with van der Waals surface area (Å²) in [5.41, 5.74) is 2.34. The van der Waals surface area contributed by atoms with Crippen molar-refractivity contribution in [1.29, 1.82) is 0 Å². The van der Waals surface area contributed by atoms with Crippen molar-refractivity contribution in [2.45, 2.75) is 52.3 Å². The summed E-state index contributed by atoms with van der Waals surface area (Å²) >= 11 is 0. The van der Waals surface area contributed by atoms with Crippen LogP contribution in [-0.4, -0.2) is 35.7 Å². The maximum Gasteiger partial charge on any atom is 0.0681 e. The van der Waals surface area contributed by atoms with E-state index in [1.165, 1.54) is 37.9 Å². The smallest absolute Gasteiger partial charge is 0.0681 e. The molecule has 0 aliphatic carbocycles. The molecule has 0 aromatic heterocycles. The molecule has 0 saturated carbocycles. The molecule has 0 bridgehead atoms. The number of piperidine rings is 1. The minimum Gasteiger partial charge on any atom is -0.392 e. The third kappa shape index (κ3) is 4.80. The van der Waals surface area contributed by atoms with Crippen LogP contribution in [0.15, 0.2) is 24.3 Å². The van der Waals surface area contributed by atoms with Crippen molar-refractivity contribution >= 4 is 0 Å². The van der Waals surface area contributed by atoms with Crippen molar-refractivity contribution in [2.75, 3.05) is 19.6 Å². The predicted octanol–water partition coefficient (Wildman–Crippen LogP) is 2.78. The van der Waals surface area contributed by atoms with Gasteiger partial charge in [0.2, 0.25) is 0 Å². The highest BCUT2D eigenvalue weighted by Gasteiger charge is 2.27. The zero-order chi connectivity index (χ0) is 15.1. The second-order valence-electron chi connectivity index (χ2n) is 6.23. The first-order valence-electron chi connectivity index (χ1n) is 8.41. The van der Waals surface area contributed by atoms with Gasteiger partial charge in [-0.05, 0) is 43.0 Å². The van der Waals surface area contributed by atoms with Gasteiger partial charge in [0.05, 0.1) is 6.61 Å². The van der Waals surface area contributed by atoms with Crippen LogP contribution in [-0.2, 0) is 13.2 Å². The Hall–Kier alpha value is -0.900. The zero-order valence-corrected chi connectivity index (χ0v) is 13.5. The second-order valence-corrected chi connectivity index (χ2v) is 6.23. The van der Waals surface area contributed by atoms with Gasteiger partial charge >= 0.3 is 0 Å². The third-order valence-electron chi connectivity index (χ3n) is 4.61. The Balaban J connectivity index is 1.87. The van der Waals surface area contributed by atoms with Gasteiger partial charge in [-0.1, -0.05) is 44.5 Å². The number of hydrogen-bond acceptors (Lipinski definition) is 3. The van der Waals surface area contributed by atoms with Crippen LogP contribution in [0.4, 0.5) is 0 Å². The number of rotatable bonds is 7. The monoisotopic (exact) mass is 290 g/mol. The van der Waals surface area contributed by atoms with Gasteiger partial charge < -0.3 is 10.4 Å². The fourth-order valence-electron chi connectivity index (χ4n) is 3.27. The van der Waals surface area contributed by atoms with Gasteiger partial charge in [-0.15, -0.1) is 0 Å². The molecule has 1 heterocycles. The maximum absolute atomic E-state index is 9.10. The van der Waals surface area contributed by atoms with Crippen LogP contribution in [0.5, 0.6) is 0 Å². The average molecular weight is 290 g/mol. The van der Waals surface area contributed by atoms with E-state index in [9.17, 15) is 0 Å². The molecule has 2 atom stereocenters. The molecule has 3 nitrogen and oxygen atoms in total. The van der Waals surface area contributed by atoms with E-state index >= 15 is 0 Å². The number of hydrogen-bond donors (Lipinski definition) is 2. The van der Waals surface area contributed by atoms with Crippen molar-refractivity contribution in [1.82, 2.24) is 10.2 Å². The Morgan fingerprint density at radius 2 is 1.90 bits per heavy atom. The van der Waals surface area contributed by atoms with Crippen molar-refractivity contribution in [3.63, 3.8) is 0 Å². The lowest BCUT2D eigenvalue weighted by Crippen LogP contribution is -2.49. The number of nitrogens with zero attached hydrogens (tertiary/aromatic N) is 1. The highest BCUT2D eigenvalue weighted by atomic mass is 16.3. The molecule has 0 spiro atoms. The zero-order valence-electron chi connectivity index (χ0n) is 13.5. The summed E-state index contributed by atoms with van der Waals surface area (Å²) in [6.07, 6.45) is 3.72. The molecule has 1 aromatic rings. The van der Waals surface area contributed by atoms with Gasteiger partial charge in [0, 0.05) is 19.1 Å². The SMILES string of the molecule is CCCNC1CCN(Cc2ccc(CO)cc2)CC1CC. The van der Waals surface area contributed by atoms with Crippen LogP contribution < -0.4 is 5.32 Å². The highest BCUT2D eigenvalue weighted by Crippen LogP contribution is 2.22. The lowest BCUT2D eigenvalue weighted by molar-refractivity contribution is 0.129. The minimum atomic E-state index is 0.132. The van der Waals surface area contributed by atoms with Crippen LogP contribution in [0.25, 0.3) is 0 Å². The summed E-state index contributed by atoms with van der Waals surface area (Å²) in [6.45, 7) is 9.22. The van der Waals surface area contributed by atoms with Gasteiger partial charge in [-0.2, -0.15) is 0 Å². The van der Waals surface area contributed by atoms with Crippen molar-refractivity contribution in [3.8, 4) is 0 Å². The molecule has 118 valence electrons. The first kappa shape index (κ1) is 16.5. The van der Waals surface area contributed by atoms with Crippen molar-refractivity contribution < 1.29 is 5.11 Å². The fraction of sp³-hybridized carbons (Fsp3) is 0.667. The molecule has 3 heteroatoms. The first-order valence-corrected chi connectivity index (χ1v) is 8.41.